The van der Waals surface area contributed by atoms with E-state index >= 15 is 0 Å². The first kappa shape index (κ1) is 24.5. The van der Waals surface area contributed by atoms with Gasteiger partial charge in [0.15, 0.2) is 0 Å². The maximum Gasteiger partial charge on any atom is 2.00 e. The molecule has 0 bridgehead atoms. The molecule has 0 fully saturated rings. The van der Waals surface area contributed by atoms with Crippen LogP contribution < -0.4 is 10.6 Å². The maximum absolute atomic E-state index is 2.26. The molecule has 1 atom stereocenters. The standard InChI is InChI=1S/C16H14P.C16H13.Zr/c1-12-6-2-5-9-15(12)17-16-11-10-13-7-3-4-8-14(13)16;1-12-10-14-8-5-9-15(16(14)11-12)13-6-3-2-4-7-13;/h2-11,17H,1H3;2-11H,1H3;/q2*-1;+2. The van der Waals surface area contributed by atoms with Gasteiger partial charge >= 0.3 is 26.2 Å². The Morgan fingerprint density at radius 3 is 2.26 bits per heavy atom. The Kier molecular flexibility index (Phi) is 8.10. The van der Waals surface area contributed by atoms with Crippen molar-refractivity contribution in [3.05, 3.63) is 132 Å². The second-order valence-corrected chi connectivity index (χ2v) is 9.81. The number of hydrogen-bond acceptors (Lipinski definition) is 0. The summed E-state index contributed by atoms with van der Waals surface area (Å²) in [5.41, 5.74) is 5.33. The number of fused-ring (bicyclic) bond motifs is 2. The predicted molar refractivity (Wildman–Crippen MR) is 148 cm³/mol. The van der Waals surface area contributed by atoms with Crippen molar-refractivity contribution in [2.24, 2.45) is 0 Å². The van der Waals surface area contributed by atoms with E-state index in [4.69, 9.17) is 0 Å². The van der Waals surface area contributed by atoms with E-state index in [0.717, 1.165) is 8.58 Å². The number of aryl methyl sites for hydroxylation is 2. The molecular weight excluding hydrogens is 507 g/mol. The zero-order valence-corrected chi connectivity index (χ0v) is 23.0. The van der Waals surface area contributed by atoms with E-state index in [2.05, 4.69) is 135 Å². The van der Waals surface area contributed by atoms with E-state index in [1.165, 1.54) is 54.4 Å². The third kappa shape index (κ3) is 5.38. The van der Waals surface area contributed by atoms with E-state index in [1.54, 1.807) is 0 Å². The van der Waals surface area contributed by atoms with Crippen LogP contribution in [0.5, 0.6) is 0 Å². The van der Waals surface area contributed by atoms with Gasteiger partial charge in [0.05, 0.1) is 0 Å². The molecule has 6 aromatic rings. The van der Waals surface area contributed by atoms with Crippen LogP contribution in [0.2, 0.25) is 0 Å². The van der Waals surface area contributed by atoms with E-state index in [0.29, 0.717) is 0 Å². The fourth-order valence-electron chi connectivity index (χ4n) is 4.37. The van der Waals surface area contributed by atoms with Crippen molar-refractivity contribution in [3.8, 4) is 11.1 Å². The molecule has 0 aliphatic carbocycles. The molecule has 164 valence electrons. The Labute approximate surface area is 223 Å². The van der Waals surface area contributed by atoms with Gasteiger partial charge in [0.1, 0.15) is 0 Å². The largest absolute Gasteiger partial charge is 2.00 e. The van der Waals surface area contributed by atoms with Gasteiger partial charge in [-0.2, -0.15) is 12.1 Å². The molecule has 0 radical (unpaired) electrons. The van der Waals surface area contributed by atoms with Crippen LogP contribution in [-0.2, 0) is 26.2 Å². The predicted octanol–water partition coefficient (Wildman–Crippen LogP) is 8.03. The van der Waals surface area contributed by atoms with Gasteiger partial charge in [-0.05, 0) is 23.4 Å². The van der Waals surface area contributed by atoms with Crippen LogP contribution in [0.3, 0.4) is 0 Å². The molecule has 0 N–H and O–H groups in total. The van der Waals surface area contributed by atoms with Crippen molar-refractivity contribution < 1.29 is 26.2 Å². The summed E-state index contributed by atoms with van der Waals surface area (Å²) in [5, 5.41) is 8.33. The molecule has 2 heteroatoms. The summed E-state index contributed by atoms with van der Waals surface area (Å²) in [5.74, 6) is 0. The molecule has 34 heavy (non-hydrogen) atoms. The Hall–Kier alpha value is -2.59. The van der Waals surface area contributed by atoms with Crippen LogP contribution in [-0.4, -0.2) is 0 Å². The van der Waals surface area contributed by atoms with Gasteiger partial charge in [0.25, 0.3) is 0 Å². The van der Waals surface area contributed by atoms with Crippen LogP contribution in [0.4, 0.5) is 0 Å². The first-order valence-electron chi connectivity index (χ1n) is 11.4. The summed E-state index contributed by atoms with van der Waals surface area (Å²) in [7, 11) is 0.754. The molecule has 0 aliphatic rings. The van der Waals surface area contributed by atoms with E-state index in [1.807, 2.05) is 0 Å². The van der Waals surface area contributed by atoms with Crippen molar-refractivity contribution in [3.63, 3.8) is 0 Å². The summed E-state index contributed by atoms with van der Waals surface area (Å²) in [6.45, 7) is 4.34. The Morgan fingerprint density at radius 1 is 0.706 bits per heavy atom. The fraction of sp³-hybridized carbons (Fsp3) is 0.0625. The van der Waals surface area contributed by atoms with E-state index < -0.39 is 0 Å². The average molecular weight is 534 g/mol. The number of rotatable bonds is 3. The van der Waals surface area contributed by atoms with E-state index in [-0.39, 0.29) is 26.2 Å². The van der Waals surface area contributed by atoms with Crippen LogP contribution in [0, 0.1) is 13.8 Å². The summed E-state index contributed by atoms with van der Waals surface area (Å²) in [6, 6.07) is 43.3. The second kappa shape index (κ2) is 11.2. The summed E-state index contributed by atoms with van der Waals surface area (Å²) >= 11 is 0. The molecule has 6 rings (SSSR count). The van der Waals surface area contributed by atoms with E-state index in [9.17, 15) is 0 Å². The SMILES string of the molecule is Cc1cc2c(-c3ccccc3)cccc2[cH-]1.Cc1ccccc1P[c-]1ccc2ccccc21.[Zr+2]. The van der Waals surface area contributed by atoms with Crippen molar-refractivity contribution in [1.29, 1.82) is 0 Å². The molecule has 0 nitrogen and oxygen atoms in total. The topological polar surface area (TPSA) is 0 Å². The molecule has 0 saturated carbocycles. The van der Waals surface area contributed by atoms with Gasteiger partial charge in [0, 0.05) is 0 Å². The third-order valence-electron chi connectivity index (χ3n) is 6.07. The molecule has 0 aromatic heterocycles. The van der Waals surface area contributed by atoms with Crippen molar-refractivity contribution in [2.75, 3.05) is 0 Å². The monoisotopic (exact) mass is 532 g/mol. The van der Waals surface area contributed by atoms with Gasteiger partial charge in [0.2, 0.25) is 0 Å². The Morgan fingerprint density at radius 2 is 1.44 bits per heavy atom. The van der Waals surface area contributed by atoms with Gasteiger partial charge in [-0.15, -0.1) is 83.5 Å². The van der Waals surface area contributed by atoms with Gasteiger partial charge in [-0.1, -0.05) is 79.2 Å². The molecule has 0 aliphatic heterocycles. The van der Waals surface area contributed by atoms with Gasteiger partial charge in [-0.3, -0.25) is 0 Å². The van der Waals surface area contributed by atoms with Gasteiger partial charge < -0.3 is 0 Å². The fourth-order valence-corrected chi connectivity index (χ4v) is 5.65. The summed E-state index contributed by atoms with van der Waals surface area (Å²) in [4.78, 5) is 0. The van der Waals surface area contributed by atoms with Crippen LogP contribution >= 0.6 is 8.58 Å². The minimum Gasteiger partial charge on any atom is -0.168 e. The minimum atomic E-state index is 0. The molecule has 1 unspecified atom stereocenters. The normalized spacial score (nSPS) is 10.9. The molecule has 0 heterocycles. The maximum atomic E-state index is 2.26. The third-order valence-corrected chi connectivity index (χ3v) is 7.61. The summed E-state index contributed by atoms with van der Waals surface area (Å²) in [6.07, 6.45) is 0. The molecular formula is C32H27PZr. The smallest absolute Gasteiger partial charge is 0.168 e. The molecule has 0 spiro atoms. The minimum absolute atomic E-state index is 0. The first-order valence-corrected chi connectivity index (χ1v) is 12.4. The van der Waals surface area contributed by atoms with Crippen molar-refractivity contribution in [1.82, 2.24) is 0 Å². The number of hydrogen-bond donors (Lipinski definition) is 0. The average Bonchev–Trinajstić information content (AvgIpc) is 3.44. The molecule has 6 aromatic carbocycles. The van der Waals surface area contributed by atoms with Gasteiger partial charge in [-0.25, -0.2) is 0 Å². The van der Waals surface area contributed by atoms with Crippen LogP contribution in [0.15, 0.2) is 121 Å². The second-order valence-electron chi connectivity index (χ2n) is 8.48. The zero-order valence-electron chi connectivity index (χ0n) is 19.5. The Bertz CT molecular complexity index is 1500. The summed E-state index contributed by atoms with van der Waals surface area (Å²) < 4.78 is 0. The first-order chi connectivity index (χ1) is 16.2. The molecule has 0 amide bonds. The molecule has 0 saturated heterocycles. The van der Waals surface area contributed by atoms with Crippen molar-refractivity contribution >= 4 is 40.7 Å². The quantitative estimate of drug-likeness (QED) is 0.160. The van der Waals surface area contributed by atoms with Crippen LogP contribution in [0.25, 0.3) is 32.7 Å². The zero-order chi connectivity index (χ0) is 22.6. The Balaban J connectivity index is 0.000000157. The van der Waals surface area contributed by atoms with Crippen LogP contribution in [0.1, 0.15) is 11.1 Å². The van der Waals surface area contributed by atoms with Crippen molar-refractivity contribution in [2.45, 2.75) is 13.8 Å². The number of benzene rings is 4.